The van der Waals surface area contributed by atoms with Crippen molar-refractivity contribution in [2.24, 2.45) is 4.99 Å². The first kappa shape index (κ1) is 24.1. The van der Waals surface area contributed by atoms with Crippen LogP contribution in [0.1, 0.15) is 54.8 Å². The molecule has 1 aromatic heterocycles. The molecule has 1 amide bonds. The van der Waals surface area contributed by atoms with Crippen molar-refractivity contribution in [1.29, 1.82) is 0 Å². The minimum atomic E-state index is 0.0445. The minimum absolute atomic E-state index is 0.0445. The number of hydrogen-bond donors (Lipinski definition) is 0. The van der Waals surface area contributed by atoms with Crippen molar-refractivity contribution in [3.05, 3.63) is 87.6 Å². The maximum atomic E-state index is 13.4. The van der Waals surface area contributed by atoms with Crippen molar-refractivity contribution < 1.29 is 4.79 Å². The zero-order chi connectivity index (χ0) is 24.2. The Hall–Kier alpha value is -3.05. The second-order valence-corrected chi connectivity index (χ2v) is 9.76. The number of benzene rings is 2. The van der Waals surface area contributed by atoms with Gasteiger partial charge in [0.05, 0.1) is 16.3 Å². The molecule has 0 N–H and O–H groups in total. The molecule has 1 fully saturated rings. The molecule has 0 saturated carbocycles. The fourth-order valence-corrected chi connectivity index (χ4v) is 5.48. The molecule has 2 heterocycles. The standard InChI is InChI=1S/C29H33N3OS/c1-6-8-17-31-28(33)26(34-29(31)30-25-15-10-9-11-16-25)19-24-18-21(4)32(22(24)5)27-20(3)13-12-14-23(27)7-2/h9-16,18-19H,6-8,17H2,1-5H3/b26-19-,30-29?. The van der Waals surface area contributed by atoms with Gasteiger partial charge in [-0.25, -0.2) is 4.99 Å². The molecule has 1 aliphatic rings. The minimum Gasteiger partial charge on any atom is -0.317 e. The first-order chi connectivity index (χ1) is 16.4. The Morgan fingerprint density at radius 2 is 1.76 bits per heavy atom. The third kappa shape index (κ3) is 4.76. The predicted molar refractivity (Wildman–Crippen MR) is 145 cm³/mol. The molecule has 0 aliphatic carbocycles. The van der Waals surface area contributed by atoms with Crippen molar-refractivity contribution >= 4 is 34.6 Å². The molecule has 1 aliphatic heterocycles. The van der Waals surface area contributed by atoms with E-state index in [0.717, 1.165) is 46.3 Å². The van der Waals surface area contributed by atoms with E-state index in [1.54, 1.807) is 0 Å². The number of amides is 1. The van der Waals surface area contributed by atoms with Gasteiger partial charge >= 0.3 is 0 Å². The van der Waals surface area contributed by atoms with Crippen LogP contribution in [-0.2, 0) is 11.2 Å². The maximum Gasteiger partial charge on any atom is 0.266 e. The highest BCUT2D eigenvalue weighted by atomic mass is 32.2. The number of aromatic nitrogens is 1. The van der Waals surface area contributed by atoms with Crippen LogP contribution in [0.25, 0.3) is 11.8 Å². The zero-order valence-corrected chi connectivity index (χ0v) is 21.6. The van der Waals surface area contributed by atoms with Crippen LogP contribution < -0.4 is 0 Å². The Labute approximate surface area is 207 Å². The largest absolute Gasteiger partial charge is 0.317 e. The number of aliphatic imine (C=N–C) groups is 1. The third-order valence-corrected chi connectivity index (χ3v) is 7.29. The normalized spacial score (nSPS) is 16.3. The molecular formula is C29H33N3OS. The van der Waals surface area contributed by atoms with E-state index in [0.29, 0.717) is 6.54 Å². The molecule has 0 unspecified atom stereocenters. The van der Waals surface area contributed by atoms with Gasteiger partial charge in [-0.05, 0) is 86.3 Å². The Balaban J connectivity index is 1.74. The highest BCUT2D eigenvalue weighted by Gasteiger charge is 2.33. The number of thioether (sulfide) groups is 1. The lowest BCUT2D eigenvalue weighted by Crippen LogP contribution is -2.30. The van der Waals surface area contributed by atoms with Gasteiger partial charge in [-0.15, -0.1) is 0 Å². The summed E-state index contributed by atoms with van der Waals surface area (Å²) in [7, 11) is 0. The molecule has 4 nitrogen and oxygen atoms in total. The molecule has 2 aromatic carbocycles. The Morgan fingerprint density at radius 1 is 1.00 bits per heavy atom. The number of carbonyl (C=O) groups is 1. The number of rotatable bonds is 7. The summed E-state index contributed by atoms with van der Waals surface area (Å²) in [5.74, 6) is 0.0445. The van der Waals surface area contributed by atoms with E-state index in [9.17, 15) is 4.79 Å². The Morgan fingerprint density at radius 3 is 2.47 bits per heavy atom. The van der Waals surface area contributed by atoms with E-state index in [2.05, 4.69) is 63.5 Å². The molecule has 1 saturated heterocycles. The van der Waals surface area contributed by atoms with E-state index < -0.39 is 0 Å². The fraction of sp³-hybridized carbons (Fsp3) is 0.310. The van der Waals surface area contributed by atoms with E-state index in [4.69, 9.17) is 4.99 Å². The molecule has 3 aromatic rings. The van der Waals surface area contributed by atoms with Crippen LogP contribution in [0.4, 0.5) is 5.69 Å². The number of unbranched alkanes of at least 4 members (excludes halogenated alkanes) is 1. The third-order valence-electron chi connectivity index (χ3n) is 6.29. The predicted octanol–water partition coefficient (Wildman–Crippen LogP) is 7.37. The number of nitrogens with zero attached hydrogens (tertiary/aromatic N) is 3. The Bertz CT molecular complexity index is 1250. The smallest absolute Gasteiger partial charge is 0.266 e. The van der Waals surface area contributed by atoms with Crippen LogP contribution in [0.15, 0.2) is 64.5 Å². The van der Waals surface area contributed by atoms with Crippen LogP contribution in [0.2, 0.25) is 0 Å². The van der Waals surface area contributed by atoms with E-state index in [1.165, 1.54) is 34.3 Å². The van der Waals surface area contributed by atoms with Crippen LogP contribution >= 0.6 is 11.8 Å². The summed E-state index contributed by atoms with van der Waals surface area (Å²) in [5, 5.41) is 0.761. The van der Waals surface area contributed by atoms with Crippen LogP contribution in [0.3, 0.4) is 0 Å². The van der Waals surface area contributed by atoms with Gasteiger partial charge in [0.25, 0.3) is 5.91 Å². The molecule has 0 spiro atoms. The van der Waals surface area contributed by atoms with Gasteiger partial charge < -0.3 is 4.57 Å². The SMILES string of the molecule is CCCCN1C(=O)/C(=C/c2cc(C)n(-c3c(C)cccc3CC)c2C)SC1=Nc1ccccc1. The van der Waals surface area contributed by atoms with Gasteiger partial charge in [0.2, 0.25) is 0 Å². The lowest BCUT2D eigenvalue weighted by molar-refractivity contribution is -0.122. The molecule has 34 heavy (non-hydrogen) atoms. The quantitative estimate of drug-likeness (QED) is 0.337. The van der Waals surface area contributed by atoms with Gasteiger partial charge in [0.1, 0.15) is 0 Å². The fourth-order valence-electron chi connectivity index (χ4n) is 4.46. The molecule has 0 radical (unpaired) electrons. The molecule has 176 valence electrons. The lowest BCUT2D eigenvalue weighted by atomic mass is 10.1. The zero-order valence-electron chi connectivity index (χ0n) is 20.8. The van der Waals surface area contributed by atoms with Gasteiger partial charge in [-0.3, -0.25) is 9.69 Å². The van der Waals surface area contributed by atoms with Crippen LogP contribution in [-0.4, -0.2) is 27.1 Å². The van der Waals surface area contributed by atoms with Gasteiger partial charge in [-0.2, -0.15) is 0 Å². The van der Waals surface area contributed by atoms with Crippen molar-refractivity contribution in [1.82, 2.24) is 9.47 Å². The summed E-state index contributed by atoms with van der Waals surface area (Å²) in [6.45, 7) is 11.5. The monoisotopic (exact) mass is 471 g/mol. The van der Waals surface area contributed by atoms with Gasteiger partial charge in [0.15, 0.2) is 5.17 Å². The molecule has 5 heteroatoms. The molecular weight excluding hydrogens is 438 g/mol. The van der Waals surface area contributed by atoms with Crippen molar-refractivity contribution in [3.8, 4) is 5.69 Å². The molecule has 0 atom stereocenters. The van der Waals surface area contributed by atoms with Gasteiger partial charge in [-0.1, -0.05) is 56.7 Å². The average Bonchev–Trinajstić information content (AvgIpc) is 3.27. The summed E-state index contributed by atoms with van der Waals surface area (Å²) in [6.07, 6.45) is 5.01. The number of carbonyl (C=O) groups excluding carboxylic acids is 1. The van der Waals surface area contributed by atoms with E-state index in [-0.39, 0.29) is 5.91 Å². The summed E-state index contributed by atoms with van der Waals surface area (Å²) in [5.41, 5.74) is 8.11. The number of amidine groups is 1. The van der Waals surface area contributed by atoms with Crippen LogP contribution in [0, 0.1) is 20.8 Å². The number of para-hydroxylation sites is 2. The van der Waals surface area contributed by atoms with E-state index in [1.807, 2.05) is 41.3 Å². The second kappa shape index (κ2) is 10.5. The summed E-state index contributed by atoms with van der Waals surface area (Å²) >= 11 is 1.48. The first-order valence-electron chi connectivity index (χ1n) is 12.1. The molecule has 4 rings (SSSR count). The van der Waals surface area contributed by atoms with Crippen molar-refractivity contribution in [2.75, 3.05) is 6.54 Å². The average molecular weight is 472 g/mol. The lowest BCUT2D eigenvalue weighted by Gasteiger charge is -2.17. The summed E-state index contributed by atoms with van der Waals surface area (Å²) in [4.78, 5) is 20.8. The summed E-state index contributed by atoms with van der Waals surface area (Å²) < 4.78 is 2.33. The Kier molecular flexibility index (Phi) is 7.42. The van der Waals surface area contributed by atoms with E-state index >= 15 is 0 Å². The topological polar surface area (TPSA) is 37.6 Å². The second-order valence-electron chi connectivity index (χ2n) is 8.75. The summed E-state index contributed by atoms with van der Waals surface area (Å²) in [6, 6.07) is 18.5. The number of hydrogen-bond acceptors (Lipinski definition) is 3. The highest BCUT2D eigenvalue weighted by Crippen LogP contribution is 2.36. The van der Waals surface area contributed by atoms with Crippen molar-refractivity contribution in [2.45, 2.75) is 53.9 Å². The highest BCUT2D eigenvalue weighted by molar-refractivity contribution is 8.18. The molecule has 0 bridgehead atoms. The van der Waals surface area contributed by atoms with Crippen LogP contribution in [0.5, 0.6) is 0 Å². The number of aryl methyl sites for hydroxylation is 3. The maximum absolute atomic E-state index is 13.4. The van der Waals surface area contributed by atoms with Crippen molar-refractivity contribution in [3.63, 3.8) is 0 Å². The van der Waals surface area contributed by atoms with Gasteiger partial charge in [0, 0.05) is 17.9 Å². The first-order valence-corrected chi connectivity index (χ1v) is 12.9.